The average molecular weight is 499 g/mol. The molecule has 0 bridgehead atoms. The van der Waals surface area contributed by atoms with Crippen LogP contribution in [-0.2, 0) is 0 Å². The minimum atomic E-state index is -8.04. The van der Waals surface area contributed by atoms with Crippen LogP contribution in [0.15, 0.2) is 24.3 Å². The van der Waals surface area contributed by atoms with Crippen LogP contribution in [-0.4, -0.2) is 45.8 Å². The molecule has 0 amide bonds. The molecule has 0 aromatic heterocycles. The van der Waals surface area contributed by atoms with Crippen molar-refractivity contribution < 1.29 is 67.1 Å². The zero-order valence-electron chi connectivity index (χ0n) is 15.1. The molecule has 0 heterocycles. The number of aliphatic hydroxyl groups excluding tert-OH is 1. The molecule has 0 aliphatic rings. The second-order valence-corrected chi connectivity index (χ2v) is 6.50. The average Bonchev–Trinajstić information content (AvgIpc) is 2.65. The molecule has 1 N–H and O–H groups in total. The summed E-state index contributed by atoms with van der Waals surface area (Å²) >= 11 is 0. The Labute approximate surface area is 168 Å². The van der Waals surface area contributed by atoms with Gasteiger partial charge in [0.25, 0.3) is 5.69 Å². The van der Waals surface area contributed by atoms with Crippen molar-refractivity contribution >= 4 is 5.69 Å². The van der Waals surface area contributed by atoms with Crippen molar-refractivity contribution in [3.8, 4) is 0 Å². The molecule has 0 spiro atoms. The Hall–Kier alpha value is -2.33. The third-order valence-electron chi connectivity index (χ3n) is 4.45. The van der Waals surface area contributed by atoms with Crippen molar-refractivity contribution in [2.75, 3.05) is 0 Å². The van der Waals surface area contributed by atoms with Crippen LogP contribution in [0.1, 0.15) is 18.6 Å². The zero-order chi connectivity index (χ0) is 25.7. The van der Waals surface area contributed by atoms with Gasteiger partial charge in [0.1, 0.15) is 0 Å². The smallest absolute Gasteiger partial charge is 0.388 e. The summed E-state index contributed by atoms with van der Waals surface area (Å²) in [6, 6.07) is 2.10. The van der Waals surface area contributed by atoms with E-state index in [4.69, 9.17) is 0 Å². The molecule has 0 fully saturated rings. The van der Waals surface area contributed by atoms with E-state index in [0.717, 1.165) is 0 Å². The van der Waals surface area contributed by atoms with Crippen molar-refractivity contribution in [1.29, 1.82) is 0 Å². The summed E-state index contributed by atoms with van der Waals surface area (Å²) in [4.78, 5) is 9.47. The third-order valence-corrected chi connectivity index (χ3v) is 4.45. The van der Waals surface area contributed by atoms with E-state index in [1.54, 1.807) is 0 Å². The van der Waals surface area contributed by atoms with Crippen LogP contribution in [0.25, 0.3) is 0 Å². The number of hydrogen-bond donors (Lipinski definition) is 1. The zero-order valence-corrected chi connectivity index (χ0v) is 15.1. The number of non-ortho nitro benzene ring substituents is 1. The van der Waals surface area contributed by atoms with Crippen LogP contribution in [0.4, 0.5) is 62.8 Å². The van der Waals surface area contributed by atoms with E-state index < -0.39 is 64.0 Å². The van der Waals surface area contributed by atoms with Crippen molar-refractivity contribution in [1.82, 2.24) is 0 Å². The molecule has 1 rings (SSSR count). The van der Waals surface area contributed by atoms with Crippen molar-refractivity contribution in [2.45, 2.75) is 48.8 Å². The number of benzene rings is 1. The lowest BCUT2D eigenvalue weighted by atomic mass is 9.83. The molecule has 17 heteroatoms. The van der Waals surface area contributed by atoms with Gasteiger partial charge in [-0.15, -0.1) is 0 Å². The second-order valence-electron chi connectivity index (χ2n) is 6.50. The highest BCUT2D eigenvalue weighted by molar-refractivity contribution is 5.34. The number of hydrogen-bond acceptors (Lipinski definition) is 3. The first-order valence-corrected chi connectivity index (χ1v) is 7.86. The van der Waals surface area contributed by atoms with Gasteiger partial charge < -0.3 is 5.11 Å². The van der Waals surface area contributed by atoms with E-state index in [0.29, 0.717) is 24.3 Å². The molecule has 0 aliphatic heterocycles. The Bertz CT molecular complexity index is 836. The molecular formula is C15H10F13NO3. The fraction of sp³-hybridized carbons (Fsp3) is 0.600. The number of nitro groups is 1. The maximum absolute atomic E-state index is 14.1. The van der Waals surface area contributed by atoms with Crippen LogP contribution in [0, 0.1) is 16.0 Å². The van der Waals surface area contributed by atoms with E-state index in [9.17, 15) is 72.3 Å². The fourth-order valence-corrected chi connectivity index (χ4v) is 2.35. The molecule has 1 aromatic rings. The Morgan fingerprint density at radius 3 is 1.47 bits per heavy atom. The van der Waals surface area contributed by atoms with E-state index in [1.807, 2.05) is 0 Å². The van der Waals surface area contributed by atoms with Gasteiger partial charge in [0, 0.05) is 12.1 Å². The van der Waals surface area contributed by atoms with Gasteiger partial charge in [-0.05, 0) is 17.7 Å². The summed E-state index contributed by atoms with van der Waals surface area (Å²) < 4.78 is 171. The first kappa shape index (κ1) is 27.7. The van der Waals surface area contributed by atoms with Crippen molar-refractivity contribution in [3.05, 3.63) is 39.9 Å². The topological polar surface area (TPSA) is 63.4 Å². The number of aliphatic hydroxyl groups is 1. The summed E-state index contributed by atoms with van der Waals surface area (Å²) in [6.07, 6.45) is -10.4. The number of nitrogens with zero attached hydrogens (tertiary/aromatic N) is 1. The standard InChI is InChI=1S/C15H10F13NO3/c1-6(9(30)7-2-4-8(5-3-7)29(31)32)10(16,17)11(18,19)12(20,21)13(22,23)14(24,25)15(26,27)28/h2-6,9,30H,1H3. The summed E-state index contributed by atoms with van der Waals surface area (Å²) in [5.74, 6) is -41.4. The molecule has 2 unspecified atom stereocenters. The third kappa shape index (κ3) is 3.94. The van der Waals surface area contributed by atoms with Gasteiger partial charge in [-0.1, -0.05) is 6.92 Å². The second kappa shape index (κ2) is 7.91. The van der Waals surface area contributed by atoms with Gasteiger partial charge in [0.15, 0.2) is 0 Å². The van der Waals surface area contributed by atoms with Gasteiger partial charge in [-0.3, -0.25) is 10.1 Å². The fourth-order valence-electron chi connectivity index (χ4n) is 2.35. The largest absolute Gasteiger partial charge is 0.460 e. The van der Waals surface area contributed by atoms with Crippen molar-refractivity contribution in [2.24, 2.45) is 5.92 Å². The quantitative estimate of drug-likeness (QED) is 0.271. The van der Waals surface area contributed by atoms with Gasteiger partial charge in [-0.25, -0.2) is 0 Å². The lowest BCUT2D eigenvalue weighted by molar-refractivity contribution is -0.444. The van der Waals surface area contributed by atoms with Crippen molar-refractivity contribution in [3.63, 3.8) is 0 Å². The predicted octanol–water partition coefficient (Wildman–Crippen LogP) is 6.00. The molecule has 32 heavy (non-hydrogen) atoms. The van der Waals surface area contributed by atoms with Crippen LogP contribution in [0.3, 0.4) is 0 Å². The number of rotatable bonds is 8. The minimum absolute atomic E-state index is 0.115. The Morgan fingerprint density at radius 1 is 0.750 bits per heavy atom. The minimum Gasteiger partial charge on any atom is -0.388 e. The van der Waals surface area contributed by atoms with Gasteiger partial charge in [-0.2, -0.15) is 57.1 Å². The highest BCUT2D eigenvalue weighted by atomic mass is 19.4. The summed E-state index contributed by atoms with van der Waals surface area (Å²) in [6.45, 7) is -0.115. The van der Waals surface area contributed by atoms with E-state index >= 15 is 0 Å². The molecular weight excluding hydrogens is 489 g/mol. The predicted molar refractivity (Wildman–Crippen MR) is 78.0 cm³/mol. The highest BCUT2D eigenvalue weighted by Gasteiger charge is 2.91. The summed E-state index contributed by atoms with van der Waals surface area (Å²) in [5.41, 5.74) is -1.56. The molecule has 4 nitrogen and oxygen atoms in total. The molecule has 2 atom stereocenters. The lowest BCUT2D eigenvalue weighted by Crippen LogP contribution is -2.71. The monoisotopic (exact) mass is 499 g/mol. The van der Waals surface area contributed by atoms with Gasteiger partial charge in [0.05, 0.1) is 16.9 Å². The normalized spacial score (nSPS) is 16.6. The molecule has 184 valence electrons. The Kier molecular flexibility index (Phi) is 6.85. The van der Waals surface area contributed by atoms with Crippen LogP contribution in [0.2, 0.25) is 0 Å². The number of halogens is 13. The van der Waals surface area contributed by atoms with E-state index in [2.05, 4.69) is 0 Å². The maximum atomic E-state index is 14.1. The Morgan fingerprint density at radius 2 is 1.12 bits per heavy atom. The van der Waals surface area contributed by atoms with Gasteiger partial charge >= 0.3 is 35.8 Å². The molecule has 1 aromatic carbocycles. The lowest BCUT2D eigenvalue weighted by Gasteiger charge is -2.42. The molecule has 0 aliphatic carbocycles. The van der Waals surface area contributed by atoms with E-state index in [1.165, 1.54) is 0 Å². The SMILES string of the molecule is CC(C(O)c1ccc([N+](=O)[O-])cc1)C(F)(F)C(F)(F)C(F)(F)C(F)(F)C(F)(F)C(F)(F)F. The van der Waals surface area contributed by atoms with Crippen LogP contribution in [0.5, 0.6) is 0 Å². The summed E-state index contributed by atoms with van der Waals surface area (Å²) in [7, 11) is 0. The number of alkyl halides is 13. The van der Waals surface area contributed by atoms with E-state index in [-0.39, 0.29) is 6.92 Å². The van der Waals surface area contributed by atoms with Crippen LogP contribution < -0.4 is 0 Å². The molecule has 0 saturated carbocycles. The molecule has 0 radical (unpaired) electrons. The Balaban J connectivity index is 3.44. The molecule has 0 saturated heterocycles. The first-order chi connectivity index (χ1) is 14.0. The summed E-state index contributed by atoms with van der Waals surface area (Å²) in [5, 5.41) is 20.2. The highest BCUT2D eigenvalue weighted by Crippen LogP contribution is 2.61. The number of nitro benzene ring substituents is 1. The van der Waals surface area contributed by atoms with Crippen LogP contribution >= 0.6 is 0 Å². The van der Waals surface area contributed by atoms with Gasteiger partial charge in [0.2, 0.25) is 0 Å². The first-order valence-electron chi connectivity index (χ1n) is 7.86. The maximum Gasteiger partial charge on any atom is 0.460 e.